The van der Waals surface area contributed by atoms with Crippen molar-refractivity contribution in [1.82, 2.24) is 5.16 Å². The molecule has 35 heavy (non-hydrogen) atoms. The second-order valence-electron chi connectivity index (χ2n) is 8.35. The lowest BCUT2D eigenvalue weighted by Crippen LogP contribution is -2.37. The zero-order chi connectivity index (χ0) is 25.1. The quantitative estimate of drug-likeness (QED) is 0.484. The van der Waals surface area contributed by atoms with Crippen LogP contribution in [0.2, 0.25) is 0 Å². The number of ether oxygens (including phenoxy) is 3. The Morgan fingerprint density at radius 2 is 1.74 bits per heavy atom. The molecule has 0 bridgehead atoms. The molecule has 2 aromatic carbocycles. The fraction of sp³-hybridized carbons (Fsp3) is 0.346. The van der Waals surface area contributed by atoms with Gasteiger partial charge in [-0.2, -0.15) is 0 Å². The third kappa shape index (κ3) is 4.66. The van der Waals surface area contributed by atoms with Crippen molar-refractivity contribution in [2.24, 2.45) is 5.92 Å². The van der Waals surface area contributed by atoms with Crippen LogP contribution < -0.4 is 24.0 Å². The first kappa shape index (κ1) is 24.1. The van der Waals surface area contributed by atoms with Crippen LogP contribution in [0, 0.1) is 19.8 Å². The topological polar surface area (TPSA) is 94.3 Å². The van der Waals surface area contributed by atoms with Crippen molar-refractivity contribution in [3.63, 3.8) is 0 Å². The van der Waals surface area contributed by atoms with Crippen molar-refractivity contribution < 1.29 is 28.3 Å². The van der Waals surface area contributed by atoms with E-state index < -0.39 is 5.92 Å². The number of hydrogen-bond acceptors (Lipinski definition) is 7. The Kier molecular flexibility index (Phi) is 6.95. The normalized spacial score (nSPS) is 15.3. The molecule has 0 unspecified atom stereocenters. The van der Waals surface area contributed by atoms with Crippen LogP contribution in [0.5, 0.6) is 17.2 Å². The Labute approximate surface area is 204 Å². The molecule has 1 aromatic heterocycles. The molecule has 2 heterocycles. The maximum Gasteiger partial charge on any atom is 0.232 e. The molecule has 0 N–H and O–H groups in total. The minimum absolute atomic E-state index is 0.0976. The summed E-state index contributed by atoms with van der Waals surface area (Å²) in [6.07, 6.45) is 0.0976. The Morgan fingerprint density at radius 1 is 1.09 bits per heavy atom. The first-order chi connectivity index (χ1) is 16.9. The van der Waals surface area contributed by atoms with E-state index >= 15 is 0 Å². The van der Waals surface area contributed by atoms with Crippen LogP contribution in [0.1, 0.15) is 23.4 Å². The van der Waals surface area contributed by atoms with Gasteiger partial charge in [0.1, 0.15) is 5.76 Å². The maximum absolute atomic E-state index is 13.8. The lowest BCUT2D eigenvalue weighted by Gasteiger charge is -2.26. The summed E-state index contributed by atoms with van der Waals surface area (Å²) in [6, 6.07) is 12.8. The van der Waals surface area contributed by atoms with Crippen molar-refractivity contribution in [3.8, 4) is 17.2 Å². The van der Waals surface area contributed by atoms with Gasteiger partial charge in [0.15, 0.2) is 11.5 Å². The Balaban J connectivity index is 1.63. The highest BCUT2D eigenvalue weighted by molar-refractivity contribution is 6.04. The third-order valence-electron chi connectivity index (χ3n) is 6.27. The molecule has 1 aliphatic heterocycles. The summed E-state index contributed by atoms with van der Waals surface area (Å²) in [7, 11) is 4.56. The highest BCUT2D eigenvalue weighted by atomic mass is 16.5. The Morgan fingerprint density at radius 3 is 2.29 bits per heavy atom. The van der Waals surface area contributed by atoms with Gasteiger partial charge in [0.05, 0.1) is 45.2 Å². The molecule has 4 rings (SSSR count). The molecule has 9 nitrogen and oxygen atoms in total. The molecule has 0 radical (unpaired) electrons. The van der Waals surface area contributed by atoms with E-state index in [1.54, 1.807) is 21.9 Å². The first-order valence-electron chi connectivity index (χ1n) is 11.3. The van der Waals surface area contributed by atoms with Crippen LogP contribution in [0.15, 0.2) is 47.0 Å². The molecular formula is C26H29N3O6. The van der Waals surface area contributed by atoms with E-state index in [9.17, 15) is 9.59 Å². The third-order valence-corrected chi connectivity index (χ3v) is 6.27. The molecule has 1 fully saturated rings. The predicted molar refractivity (Wildman–Crippen MR) is 130 cm³/mol. The van der Waals surface area contributed by atoms with Crippen LogP contribution in [0.25, 0.3) is 0 Å². The second-order valence-corrected chi connectivity index (χ2v) is 8.35. The van der Waals surface area contributed by atoms with Crippen molar-refractivity contribution >= 4 is 23.2 Å². The summed E-state index contributed by atoms with van der Waals surface area (Å²) >= 11 is 0. The van der Waals surface area contributed by atoms with Crippen molar-refractivity contribution in [2.75, 3.05) is 37.7 Å². The number of para-hydroxylation sites is 1. The molecule has 0 saturated carbocycles. The molecule has 3 aromatic rings. The van der Waals surface area contributed by atoms with Gasteiger partial charge in [-0.3, -0.25) is 9.59 Å². The lowest BCUT2D eigenvalue weighted by atomic mass is 10.1. The van der Waals surface area contributed by atoms with Gasteiger partial charge in [-0.05, 0) is 26.0 Å². The molecule has 1 aliphatic rings. The SMILES string of the molecule is COc1cc(N2C[C@@H](C(=O)N(Cc3c(C)noc3C)c3ccccc3)CC2=O)cc(OC)c1OC. The standard InChI is InChI=1S/C26H29N3O6/c1-16-21(17(2)35-27-16)15-29(19-9-7-6-8-10-19)26(31)18-11-24(30)28(14-18)20-12-22(32-3)25(34-5)23(13-20)33-4/h6-10,12-13,18H,11,14-15H2,1-5H3/t18-/m0/s1. The van der Waals surface area contributed by atoms with Crippen LogP contribution in [-0.2, 0) is 16.1 Å². The van der Waals surface area contributed by atoms with Crippen molar-refractivity contribution in [1.29, 1.82) is 0 Å². The van der Waals surface area contributed by atoms with Gasteiger partial charge in [0, 0.05) is 36.3 Å². The molecule has 0 spiro atoms. The van der Waals surface area contributed by atoms with Gasteiger partial charge in [0.25, 0.3) is 0 Å². The number of aryl methyl sites for hydroxylation is 2. The van der Waals surface area contributed by atoms with E-state index in [1.165, 1.54) is 21.3 Å². The fourth-order valence-electron chi connectivity index (χ4n) is 4.36. The molecule has 9 heteroatoms. The fourth-order valence-corrected chi connectivity index (χ4v) is 4.36. The predicted octanol–water partition coefficient (Wildman–Crippen LogP) is 3.90. The van der Waals surface area contributed by atoms with E-state index in [0.717, 1.165) is 16.9 Å². The van der Waals surface area contributed by atoms with E-state index in [-0.39, 0.29) is 24.8 Å². The van der Waals surface area contributed by atoms with E-state index in [0.29, 0.717) is 35.2 Å². The summed E-state index contributed by atoms with van der Waals surface area (Å²) < 4.78 is 21.6. The number of rotatable bonds is 8. The summed E-state index contributed by atoms with van der Waals surface area (Å²) in [4.78, 5) is 30.1. The minimum Gasteiger partial charge on any atom is -0.493 e. The minimum atomic E-state index is -0.526. The number of carbonyl (C=O) groups is 2. The number of benzene rings is 2. The number of methoxy groups -OCH3 is 3. The zero-order valence-electron chi connectivity index (χ0n) is 20.5. The van der Waals surface area contributed by atoms with Gasteiger partial charge >= 0.3 is 0 Å². The van der Waals surface area contributed by atoms with Crippen LogP contribution >= 0.6 is 0 Å². The first-order valence-corrected chi connectivity index (χ1v) is 11.3. The Bertz CT molecular complexity index is 1180. The summed E-state index contributed by atoms with van der Waals surface area (Å²) in [5.74, 6) is 1.16. The number of hydrogen-bond donors (Lipinski definition) is 0. The highest BCUT2D eigenvalue weighted by Crippen LogP contribution is 2.42. The van der Waals surface area contributed by atoms with Gasteiger partial charge in [-0.25, -0.2) is 0 Å². The molecule has 2 amide bonds. The van der Waals surface area contributed by atoms with Crippen molar-refractivity contribution in [2.45, 2.75) is 26.8 Å². The molecule has 1 saturated heterocycles. The molecular weight excluding hydrogens is 450 g/mol. The second kappa shape index (κ2) is 10.1. The molecule has 1 atom stereocenters. The monoisotopic (exact) mass is 479 g/mol. The number of amides is 2. The lowest BCUT2D eigenvalue weighted by molar-refractivity contribution is -0.124. The average Bonchev–Trinajstić information content (AvgIpc) is 3.42. The van der Waals surface area contributed by atoms with Crippen molar-refractivity contribution in [3.05, 3.63) is 59.5 Å². The summed E-state index contributed by atoms with van der Waals surface area (Å²) in [5.41, 5.74) is 2.92. The van der Waals surface area contributed by atoms with Gasteiger partial charge in [-0.1, -0.05) is 23.4 Å². The maximum atomic E-state index is 13.8. The highest BCUT2D eigenvalue weighted by Gasteiger charge is 2.38. The molecule has 184 valence electrons. The smallest absolute Gasteiger partial charge is 0.232 e. The van der Waals surface area contributed by atoms with Gasteiger partial charge < -0.3 is 28.5 Å². The van der Waals surface area contributed by atoms with E-state index in [4.69, 9.17) is 18.7 Å². The van der Waals surface area contributed by atoms with Crippen LogP contribution in [-0.4, -0.2) is 44.8 Å². The van der Waals surface area contributed by atoms with E-state index in [1.807, 2.05) is 44.2 Å². The zero-order valence-corrected chi connectivity index (χ0v) is 20.5. The summed E-state index contributed by atoms with van der Waals surface area (Å²) in [6.45, 7) is 4.22. The Hall–Kier alpha value is -4.01. The number of aromatic nitrogens is 1. The number of anilines is 2. The van der Waals surface area contributed by atoms with Crippen LogP contribution in [0.3, 0.4) is 0 Å². The van der Waals surface area contributed by atoms with Gasteiger partial charge in [-0.15, -0.1) is 0 Å². The number of carbonyl (C=O) groups excluding carboxylic acids is 2. The number of nitrogens with zero attached hydrogens (tertiary/aromatic N) is 3. The summed E-state index contributed by atoms with van der Waals surface area (Å²) in [5, 5.41) is 4.02. The average molecular weight is 480 g/mol. The largest absolute Gasteiger partial charge is 0.493 e. The molecule has 0 aliphatic carbocycles. The van der Waals surface area contributed by atoms with Crippen LogP contribution in [0.4, 0.5) is 11.4 Å². The van der Waals surface area contributed by atoms with Gasteiger partial charge in [0.2, 0.25) is 17.6 Å². The van der Waals surface area contributed by atoms with E-state index in [2.05, 4.69) is 5.16 Å².